The van der Waals surface area contributed by atoms with Gasteiger partial charge in [-0.3, -0.25) is 5.32 Å². The molecule has 0 saturated carbocycles. The molecule has 0 fully saturated rings. The third kappa shape index (κ3) is 4.95. The first-order valence-electron chi connectivity index (χ1n) is 18.6. The maximum Gasteiger partial charge on any atom is 0.131 e. The highest BCUT2D eigenvalue weighted by atomic mass is 15.3. The highest BCUT2D eigenvalue weighted by Gasteiger charge is 2.28. The molecule has 7 aromatic carbocycles. The van der Waals surface area contributed by atoms with Crippen LogP contribution in [-0.4, -0.2) is 27.7 Å². The van der Waals surface area contributed by atoms with Crippen molar-refractivity contribution in [2.24, 2.45) is 4.99 Å². The molecule has 0 bridgehead atoms. The van der Waals surface area contributed by atoms with Crippen molar-refractivity contribution in [3.05, 3.63) is 193 Å². The number of aromatic nitrogens is 2. The van der Waals surface area contributed by atoms with Crippen LogP contribution in [0.25, 0.3) is 65.8 Å². The number of hydrogen-bond donors (Lipinski definition) is 3. The molecule has 2 unspecified atom stereocenters. The fraction of sp³-hybridized carbons (Fsp3) is 0.0625. The summed E-state index contributed by atoms with van der Waals surface area (Å²) in [6.45, 7) is 0.664. The lowest BCUT2D eigenvalue weighted by atomic mass is 10.0. The molecule has 0 aliphatic carbocycles. The predicted molar refractivity (Wildman–Crippen MR) is 224 cm³/mol. The molecule has 2 aromatic heterocycles. The number of amidine groups is 1. The minimum atomic E-state index is -0.222. The molecule has 3 N–H and O–H groups in total. The Balaban J connectivity index is 1.03. The second-order valence-corrected chi connectivity index (χ2v) is 14.2. The quantitative estimate of drug-likeness (QED) is 0.168. The van der Waals surface area contributed by atoms with Gasteiger partial charge in [-0.15, -0.1) is 0 Å². The first-order chi connectivity index (χ1) is 26.8. The van der Waals surface area contributed by atoms with Crippen LogP contribution in [0.1, 0.15) is 17.3 Å². The molecule has 11 rings (SSSR count). The van der Waals surface area contributed by atoms with Crippen LogP contribution in [0.3, 0.4) is 0 Å². The standard InChI is InChI=1S/C48H36N6/c1-3-14-32(15-4-1)46-50-47(34-24-23-31-13-7-8-16-33(31)27-34)52-48(51-46)41-26-25-36(30-49-41)54-43-22-12-10-20-38(43)40-28-39-37-19-9-11-21-42(37)53(44(39)29-45(40)54)35-17-5-2-6-18-35/h1-29,47-49,52H,30H2,(H,50,51). The van der Waals surface area contributed by atoms with Crippen molar-refractivity contribution in [1.29, 1.82) is 0 Å². The van der Waals surface area contributed by atoms with Crippen LogP contribution in [0.5, 0.6) is 0 Å². The number of fused-ring (bicyclic) bond motifs is 7. The molecule has 0 radical (unpaired) electrons. The molecule has 6 nitrogen and oxygen atoms in total. The van der Waals surface area contributed by atoms with Crippen molar-refractivity contribution < 1.29 is 0 Å². The first kappa shape index (κ1) is 30.7. The Bertz CT molecular complexity index is 3000. The molecule has 0 amide bonds. The van der Waals surface area contributed by atoms with Crippen LogP contribution in [-0.2, 0) is 0 Å². The summed E-state index contributed by atoms with van der Waals surface area (Å²) < 4.78 is 4.84. The van der Waals surface area contributed by atoms with Crippen LogP contribution in [0, 0.1) is 0 Å². The Morgan fingerprint density at radius 1 is 0.519 bits per heavy atom. The van der Waals surface area contributed by atoms with Crippen molar-refractivity contribution in [1.82, 2.24) is 25.1 Å². The number of nitrogens with zero attached hydrogens (tertiary/aromatic N) is 3. The average molecular weight is 697 g/mol. The Morgan fingerprint density at radius 2 is 1.17 bits per heavy atom. The number of rotatable bonds is 5. The highest BCUT2D eigenvalue weighted by Crippen LogP contribution is 2.39. The summed E-state index contributed by atoms with van der Waals surface area (Å²) >= 11 is 0. The van der Waals surface area contributed by atoms with E-state index in [1.165, 1.54) is 60.1 Å². The van der Waals surface area contributed by atoms with E-state index >= 15 is 0 Å². The SMILES string of the molecule is C1=C(C2NC(c3ccccc3)=NC(c3ccc4ccccc4c3)N2)NCC(n2c3ccccc3c3cc4c5ccccc5n(-c5ccccc5)c4cc32)=C1. The zero-order chi connectivity index (χ0) is 35.6. The smallest absolute Gasteiger partial charge is 0.131 e. The molecule has 6 heteroatoms. The van der Waals surface area contributed by atoms with Gasteiger partial charge in [-0.05, 0) is 71.0 Å². The number of dihydropyridines is 1. The van der Waals surface area contributed by atoms with E-state index in [4.69, 9.17) is 4.99 Å². The predicted octanol–water partition coefficient (Wildman–Crippen LogP) is 10.0. The van der Waals surface area contributed by atoms with Gasteiger partial charge in [0, 0.05) is 44.2 Å². The van der Waals surface area contributed by atoms with Crippen LogP contribution < -0.4 is 16.0 Å². The molecule has 9 aromatic rings. The number of benzene rings is 7. The van der Waals surface area contributed by atoms with Gasteiger partial charge < -0.3 is 19.8 Å². The molecule has 54 heavy (non-hydrogen) atoms. The number of allylic oxidation sites excluding steroid dienone is 2. The van der Waals surface area contributed by atoms with Crippen molar-refractivity contribution in [2.45, 2.75) is 12.3 Å². The molecular weight excluding hydrogens is 661 g/mol. The van der Waals surface area contributed by atoms with Crippen LogP contribution in [0.2, 0.25) is 0 Å². The molecule has 2 aliphatic heterocycles. The lowest BCUT2D eigenvalue weighted by Crippen LogP contribution is -2.54. The van der Waals surface area contributed by atoms with Gasteiger partial charge in [0.25, 0.3) is 0 Å². The van der Waals surface area contributed by atoms with Gasteiger partial charge in [0.15, 0.2) is 0 Å². The number of nitrogens with one attached hydrogen (secondary N) is 3. The number of hydrogen-bond acceptors (Lipinski definition) is 4. The Kier molecular flexibility index (Phi) is 7.03. The summed E-state index contributed by atoms with van der Waals surface area (Å²) in [5, 5.41) is 18.8. The molecule has 0 spiro atoms. The van der Waals surface area contributed by atoms with Crippen molar-refractivity contribution in [3.8, 4) is 5.69 Å². The van der Waals surface area contributed by atoms with E-state index in [0.29, 0.717) is 6.54 Å². The van der Waals surface area contributed by atoms with E-state index in [-0.39, 0.29) is 12.3 Å². The van der Waals surface area contributed by atoms with E-state index in [9.17, 15) is 0 Å². The van der Waals surface area contributed by atoms with Gasteiger partial charge in [-0.1, -0.05) is 121 Å². The summed E-state index contributed by atoms with van der Waals surface area (Å²) in [5.41, 5.74) is 10.4. The zero-order valence-corrected chi connectivity index (χ0v) is 29.4. The monoisotopic (exact) mass is 696 g/mol. The van der Waals surface area contributed by atoms with E-state index in [2.05, 4.69) is 195 Å². The fourth-order valence-electron chi connectivity index (χ4n) is 8.45. The van der Waals surface area contributed by atoms with E-state index < -0.39 is 0 Å². The van der Waals surface area contributed by atoms with Gasteiger partial charge in [-0.2, -0.15) is 0 Å². The van der Waals surface area contributed by atoms with Gasteiger partial charge in [0.1, 0.15) is 18.2 Å². The largest absolute Gasteiger partial charge is 0.380 e. The van der Waals surface area contributed by atoms with Crippen LogP contribution >= 0.6 is 0 Å². The summed E-state index contributed by atoms with van der Waals surface area (Å²) in [5.74, 6) is 0.871. The molecule has 258 valence electrons. The van der Waals surface area contributed by atoms with E-state index in [1.807, 2.05) is 6.07 Å². The normalized spacial score (nSPS) is 17.4. The third-order valence-electron chi connectivity index (χ3n) is 11.0. The van der Waals surface area contributed by atoms with Gasteiger partial charge in [0.05, 0.1) is 28.6 Å². The van der Waals surface area contributed by atoms with Gasteiger partial charge in [-0.25, -0.2) is 4.99 Å². The van der Waals surface area contributed by atoms with Crippen molar-refractivity contribution in [2.75, 3.05) is 6.54 Å². The van der Waals surface area contributed by atoms with E-state index in [1.54, 1.807) is 0 Å². The topological polar surface area (TPSA) is 58.3 Å². The number of aliphatic imine (C=N–C) groups is 1. The first-order valence-corrected chi connectivity index (χ1v) is 18.6. The zero-order valence-electron chi connectivity index (χ0n) is 29.4. The summed E-state index contributed by atoms with van der Waals surface area (Å²) in [4.78, 5) is 5.19. The van der Waals surface area contributed by atoms with Gasteiger partial charge in [0.2, 0.25) is 0 Å². The second kappa shape index (κ2) is 12.4. The Labute approximate surface area is 312 Å². The Morgan fingerprint density at radius 3 is 1.91 bits per heavy atom. The van der Waals surface area contributed by atoms with Crippen LogP contribution in [0.15, 0.2) is 187 Å². The molecule has 2 atom stereocenters. The third-order valence-corrected chi connectivity index (χ3v) is 11.0. The van der Waals surface area contributed by atoms with Crippen molar-refractivity contribution >= 4 is 65.9 Å². The maximum atomic E-state index is 5.19. The summed E-state index contributed by atoms with van der Waals surface area (Å²) in [6.07, 6.45) is 4.10. The van der Waals surface area contributed by atoms with Gasteiger partial charge >= 0.3 is 0 Å². The lowest BCUT2D eigenvalue weighted by Gasteiger charge is -2.34. The summed E-state index contributed by atoms with van der Waals surface area (Å²) in [6, 6.07) is 58.5. The van der Waals surface area contributed by atoms with Crippen LogP contribution in [0.4, 0.5) is 0 Å². The molecule has 2 aliphatic rings. The number of para-hydroxylation sites is 3. The van der Waals surface area contributed by atoms with E-state index in [0.717, 1.165) is 28.3 Å². The minimum absolute atomic E-state index is 0.175. The molecule has 0 saturated heterocycles. The molecular formula is C48H36N6. The molecule has 4 heterocycles. The fourth-order valence-corrected chi connectivity index (χ4v) is 8.45. The maximum absolute atomic E-state index is 5.19. The Hall–Kier alpha value is -6.89. The second-order valence-electron chi connectivity index (χ2n) is 14.2. The highest BCUT2D eigenvalue weighted by molar-refractivity contribution is 6.19. The summed E-state index contributed by atoms with van der Waals surface area (Å²) in [7, 11) is 0. The lowest BCUT2D eigenvalue weighted by molar-refractivity contribution is 0.423. The average Bonchev–Trinajstić information content (AvgIpc) is 3.75. The minimum Gasteiger partial charge on any atom is -0.380 e. The van der Waals surface area contributed by atoms with Crippen molar-refractivity contribution in [3.63, 3.8) is 0 Å².